The fourth-order valence-electron chi connectivity index (χ4n) is 7.50. The highest BCUT2D eigenvalue weighted by Crippen LogP contribution is 2.49. The zero-order valence-electron chi connectivity index (χ0n) is 28.7. The zero-order chi connectivity index (χ0) is 33.3. The lowest BCUT2D eigenvalue weighted by Crippen LogP contribution is -2.37. The normalized spacial score (nSPS) is 20.6. The molecule has 0 spiro atoms. The molecular formula is C40H47NO6. The minimum absolute atomic E-state index is 0.0895. The summed E-state index contributed by atoms with van der Waals surface area (Å²) in [6.45, 7) is 5.64. The van der Waals surface area contributed by atoms with Gasteiger partial charge in [-0.25, -0.2) is 0 Å². The van der Waals surface area contributed by atoms with E-state index >= 15 is 0 Å². The van der Waals surface area contributed by atoms with E-state index in [9.17, 15) is 5.11 Å². The Morgan fingerprint density at radius 2 is 1.40 bits per heavy atom. The van der Waals surface area contributed by atoms with Crippen molar-refractivity contribution in [3.05, 3.63) is 100 Å². The van der Waals surface area contributed by atoms with Crippen molar-refractivity contribution in [3.8, 4) is 40.2 Å². The molecule has 0 radical (unpaired) electrons. The van der Waals surface area contributed by atoms with Crippen LogP contribution in [0.3, 0.4) is 0 Å². The van der Waals surface area contributed by atoms with Gasteiger partial charge in [0.15, 0.2) is 34.5 Å². The van der Waals surface area contributed by atoms with E-state index in [1.807, 2.05) is 24.3 Å². The Hall–Kier alpha value is -4.36. The summed E-state index contributed by atoms with van der Waals surface area (Å²) in [5.41, 5.74) is 7.27. The molecule has 6 rings (SSSR count). The number of ether oxygens (including phenoxy) is 5. The molecule has 0 saturated heterocycles. The van der Waals surface area contributed by atoms with Gasteiger partial charge in [-0.1, -0.05) is 32.0 Å². The molecule has 0 aromatic heterocycles. The highest BCUT2D eigenvalue weighted by molar-refractivity contribution is 5.55. The quantitative estimate of drug-likeness (QED) is 0.189. The molecule has 0 fully saturated rings. The molecule has 2 aliphatic rings. The molecule has 0 amide bonds. The maximum atomic E-state index is 11.0. The zero-order valence-corrected chi connectivity index (χ0v) is 28.7. The van der Waals surface area contributed by atoms with Gasteiger partial charge >= 0.3 is 0 Å². The van der Waals surface area contributed by atoms with Gasteiger partial charge in [0.25, 0.3) is 0 Å². The Morgan fingerprint density at radius 1 is 0.745 bits per heavy atom. The molecule has 1 N–H and O–H groups in total. The van der Waals surface area contributed by atoms with E-state index in [1.165, 1.54) is 27.8 Å². The van der Waals surface area contributed by atoms with Crippen molar-refractivity contribution in [2.24, 2.45) is 5.92 Å². The van der Waals surface area contributed by atoms with Crippen LogP contribution in [0.25, 0.3) is 0 Å². The number of nitrogens with zero attached hydrogens (tertiary/aromatic N) is 1. The average molecular weight is 638 g/mol. The molecular weight excluding hydrogens is 590 g/mol. The predicted octanol–water partition coefficient (Wildman–Crippen LogP) is 8.07. The fourth-order valence-corrected chi connectivity index (χ4v) is 7.50. The molecule has 248 valence electrons. The Balaban J connectivity index is 1.32. The van der Waals surface area contributed by atoms with Crippen molar-refractivity contribution in [1.29, 1.82) is 0 Å². The largest absolute Gasteiger partial charge is 0.504 e. The van der Waals surface area contributed by atoms with Crippen molar-refractivity contribution in [1.82, 2.24) is 4.90 Å². The summed E-state index contributed by atoms with van der Waals surface area (Å²) < 4.78 is 29.0. The third-order valence-electron chi connectivity index (χ3n) is 10.6. The van der Waals surface area contributed by atoms with Crippen LogP contribution >= 0.6 is 0 Å². The van der Waals surface area contributed by atoms with Crippen molar-refractivity contribution < 1.29 is 28.8 Å². The highest BCUT2D eigenvalue weighted by atomic mass is 16.5. The number of benzene rings is 4. The minimum Gasteiger partial charge on any atom is -0.504 e. The summed E-state index contributed by atoms with van der Waals surface area (Å²) in [6.07, 6.45) is 4.67. The van der Waals surface area contributed by atoms with E-state index in [4.69, 9.17) is 23.7 Å². The molecule has 47 heavy (non-hydrogen) atoms. The van der Waals surface area contributed by atoms with Gasteiger partial charge in [-0.3, -0.25) is 4.90 Å². The predicted molar refractivity (Wildman–Crippen MR) is 185 cm³/mol. The highest BCUT2D eigenvalue weighted by Gasteiger charge is 2.39. The molecule has 0 bridgehead atoms. The number of aromatic hydroxyl groups is 1. The van der Waals surface area contributed by atoms with Gasteiger partial charge < -0.3 is 28.8 Å². The maximum absolute atomic E-state index is 11.0. The Labute approximate surface area is 279 Å². The van der Waals surface area contributed by atoms with Gasteiger partial charge in [0.05, 0.1) is 28.4 Å². The summed E-state index contributed by atoms with van der Waals surface area (Å²) in [7, 11) is 8.87. The standard InChI is InChI=1S/C40H47NO6/c1-25-8-12-29-21-37(45-6)39(23-32(29)40(25,2)24-26-9-13-30(43-4)14-10-26)47-35-19-27(11-15-34(35)42)18-33-31-22-38(46-7)36(44-5)20-28(31)16-17-41(33)3/h9-11,13-15,19-23,25,33,42H,8,12,16-18,24H2,1-7H3/t25-,33-,40-/m0/s1. The van der Waals surface area contributed by atoms with Crippen LogP contribution in [-0.4, -0.2) is 52.0 Å². The second kappa shape index (κ2) is 13.4. The van der Waals surface area contributed by atoms with E-state index in [-0.39, 0.29) is 17.2 Å². The summed E-state index contributed by atoms with van der Waals surface area (Å²) in [6, 6.07) is 22.6. The van der Waals surface area contributed by atoms with Crippen molar-refractivity contribution in [3.63, 3.8) is 0 Å². The van der Waals surface area contributed by atoms with Crippen LogP contribution in [0.15, 0.2) is 66.7 Å². The van der Waals surface area contributed by atoms with E-state index in [2.05, 4.69) is 62.2 Å². The molecule has 1 heterocycles. The van der Waals surface area contributed by atoms with Crippen LogP contribution in [0, 0.1) is 5.92 Å². The molecule has 4 aromatic rings. The van der Waals surface area contributed by atoms with Crippen LogP contribution in [0.5, 0.6) is 40.2 Å². The number of phenolic OH excluding ortho intramolecular Hbond substituents is 1. The molecule has 7 nitrogen and oxygen atoms in total. The molecule has 1 aliphatic carbocycles. The van der Waals surface area contributed by atoms with Crippen molar-refractivity contribution in [2.45, 2.75) is 57.4 Å². The Kier molecular flexibility index (Phi) is 9.29. The minimum atomic E-state index is -0.112. The summed E-state index contributed by atoms with van der Waals surface area (Å²) in [5.74, 6) is 4.57. The van der Waals surface area contributed by atoms with Gasteiger partial charge in [-0.05, 0) is 132 Å². The molecule has 4 aromatic carbocycles. The number of fused-ring (bicyclic) bond motifs is 2. The van der Waals surface area contributed by atoms with Gasteiger partial charge in [-0.2, -0.15) is 0 Å². The lowest BCUT2D eigenvalue weighted by atomic mass is 9.62. The van der Waals surface area contributed by atoms with E-state index < -0.39 is 0 Å². The Morgan fingerprint density at radius 3 is 2.11 bits per heavy atom. The van der Waals surface area contributed by atoms with Crippen LogP contribution in [-0.2, 0) is 31.1 Å². The number of hydrogen-bond acceptors (Lipinski definition) is 7. The lowest BCUT2D eigenvalue weighted by Gasteiger charge is -2.42. The van der Waals surface area contributed by atoms with Gasteiger partial charge in [-0.15, -0.1) is 0 Å². The van der Waals surface area contributed by atoms with Gasteiger partial charge in [0.1, 0.15) is 5.75 Å². The third-order valence-corrected chi connectivity index (χ3v) is 10.6. The van der Waals surface area contributed by atoms with Crippen molar-refractivity contribution in [2.75, 3.05) is 42.0 Å². The molecule has 7 heteroatoms. The first kappa shape index (κ1) is 32.6. The number of rotatable bonds is 10. The van der Waals surface area contributed by atoms with Crippen LogP contribution in [0.1, 0.15) is 59.7 Å². The fraction of sp³-hybridized carbons (Fsp3) is 0.400. The summed E-state index contributed by atoms with van der Waals surface area (Å²) >= 11 is 0. The smallest absolute Gasteiger partial charge is 0.169 e. The molecule has 1 aliphatic heterocycles. The third kappa shape index (κ3) is 6.33. The maximum Gasteiger partial charge on any atom is 0.169 e. The van der Waals surface area contributed by atoms with Crippen LogP contribution in [0.2, 0.25) is 0 Å². The average Bonchev–Trinajstić information content (AvgIpc) is 3.09. The molecule has 0 saturated carbocycles. The van der Waals surface area contributed by atoms with E-state index in [0.717, 1.165) is 61.5 Å². The Bertz CT molecular complexity index is 1730. The number of likely N-dealkylation sites (N-methyl/N-ethyl adjacent to an activating group) is 1. The molecule has 3 atom stereocenters. The van der Waals surface area contributed by atoms with E-state index in [0.29, 0.717) is 23.2 Å². The lowest BCUT2D eigenvalue weighted by molar-refractivity contribution is 0.227. The molecule has 0 unspecified atom stereocenters. The summed E-state index contributed by atoms with van der Waals surface area (Å²) in [5, 5.41) is 11.0. The monoisotopic (exact) mass is 637 g/mol. The first-order valence-electron chi connectivity index (χ1n) is 16.5. The topological polar surface area (TPSA) is 69.6 Å². The van der Waals surface area contributed by atoms with Gasteiger partial charge in [0, 0.05) is 12.6 Å². The second-order valence-electron chi connectivity index (χ2n) is 13.3. The first-order chi connectivity index (χ1) is 22.7. The number of phenols is 1. The van der Waals surface area contributed by atoms with Crippen LogP contribution in [0.4, 0.5) is 0 Å². The summed E-state index contributed by atoms with van der Waals surface area (Å²) in [4.78, 5) is 2.37. The van der Waals surface area contributed by atoms with E-state index in [1.54, 1.807) is 34.5 Å². The SMILES string of the molecule is COc1ccc(C[C@]2(C)c3cc(Oc4cc(C[C@H]5c6cc(OC)c(OC)cc6CCN5C)ccc4O)c(OC)cc3CC[C@@H]2C)cc1. The number of hydrogen-bond donors (Lipinski definition) is 1. The van der Waals surface area contributed by atoms with Gasteiger partial charge in [0.2, 0.25) is 0 Å². The second-order valence-corrected chi connectivity index (χ2v) is 13.3. The number of aryl methyl sites for hydroxylation is 1. The number of methoxy groups -OCH3 is 4. The van der Waals surface area contributed by atoms with Crippen molar-refractivity contribution >= 4 is 0 Å². The van der Waals surface area contributed by atoms with Crippen LogP contribution < -0.4 is 23.7 Å². The first-order valence-corrected chi connectivity index (χ1v) is 16.5.